The molecule has 0 bridgehead atoms. The molecular formula is C28H30BrNO4S. The fourth-order valence-electron chi connectivity index (χ4n) is 4.88. The zero-order chi connectivity index (χ0) is 24.9. The Morgan fingerprint density at radius 2 is 1.91 bits per heavy atom. The van der Waals surface area contributed by atoms with Gasteiger partial charge in [0.1, 0.15) is 12.4 Å². The molecule has 0 aromatic heterocycles. The van der Waals surface area contributed by atoms with E-state index in [1.54, 1.807) is 18.9 Å². The van der Waals surface area contributed by atoms with Gasteiger partial charge in [-0.25, -0.2) is 4.79 Å². The van der Waals surface area contributed by atoms with E-state index in [4.69, 9.17) is 9.47 Å². The van der Waals surface area contributed by atoms with Crippen LogP contribution in [0.15, 0.2) is 75.5 Å². The van der Waals surface area contributed by atoms with Gasteiger partial charge in [-0.1, -0.05) is 43.3 Å². The zero-order valence-electron chi connectivity index (χ0n) is 20.2. The maximum absolute atomic E-state index is 13.7. The quantitative estimate of drug-likeness (QED) is 0.313. The van der Waals surface area contributed by atoms with E-state index in [1.807, 2.05) is 43.3 Å². The second kappa shape index (κ2) is 11.5. The van der Waals surface area contributed by atoms with Crippen molar-refractivity contribution in [2.24, 2.45) is 0 Å². The Hall–Kier alpha value is -2.51. The van der Waals surface area contributed by atoms with Crippen molar-refractivity contribution in [1.29, 1.82) is 0 Å². The van der Waals surface area contributed by atoms with Gasteiger partial charge in [-0.05, 0) is 64.2 Å². The first-order valence-electron chi connectivity index (χ1n) is 11.8. The number of halogens is 1. The van der Waals surface area contributed by atoms with Crippen LogP contribution in [0.25, 0.3) is 0 Å². The Morgan fingerprint density at radius 1 is 1.14 bits per heavy atom. The van der Waals surface area contributed by atoms with Gasteiger partial charge in [-0.2, -0.15) is 11.8 Å². The molecule has 184 valence electrons. The number of rotatable bonds is 8. The summed E-state index contributed by atoms with van der Waals surface area (Å²) in [6, 6.07) is 15.9. The predicted octanol–water partition coefficient (Wildman–Crippen LogP) is 6.12. The van der Waals surface area contributed by atoms with Crippen LogP contribution in [-0.2, 0) is 14.3 Å². The number of carbonyl (C=O) groups excluding carboxylic acids is 2. The molecule has 2 aliphatic rings. The Bertz CT molecular complexity index is 1170. The molecule has 0 radical (unpaired) electrons. The molecule has 2 atom stereocenters. The minimum atomic E-state index is -0.496. The van der Waals surface area contributed by atoms with Gasteiger partial charge in [0.05, 0.1) is 17.2 Å². The third kappa shape index (κ3) is 5.51. The lowest BCUT2D eigenvalue weighted by Crippen LogP contribution is -2.36. The first kappa shape index (κ1) is 25.6. The van der Waals surface area contributed by atoms with Crippen molar-refractivity contribution in [1.82, 2.24) is 5.32 Å². The number of Topliss-reactive ketones (excluding diaryl/α,β-unsaturated/α-hetero) is 1. The average molecular weight is 557 g/mol. The number of hydrogen-bond acceptors (Lipinski definition) is 6. The molecule has 0 spiro atoms. The highest BCUT2D eigenvalue weighted by atomic mass is 79.9. The lowest BCUT2D eigenvalue weighted by molar-refractivity contribution is -0.138. The van der Waals surface area contributed by atoms with Crippen molar-refractivity contribution < 1.29 is 19.1 Å². The van der Waals surface area contributed by atoms with Crippen LogP contribution in [0.2, 0.25) is 0 Å². The first-order chi connectivity index (χ1) is 16.9. The Kier molecular flexibility index (Phi) is 8.39. The summed E-state index contributed by atoms with van der Waals surface area (Å²) in [5, 5.41) is 3.41. The van der Waals surface area contributed by atoms with E-state index >= 15 is 0 Å². The van der Waals surface area contributed by atoms with E-state index in [-0.39, 0.29) is 17.7 Å². The minimum Gasteiger partial charge on any atom is -0.496 e. The number of esters is 1. The topological polar surface area (TPSA) is 64.6 Å². The second-order valence-corrected chi connectivity index (χ2v) is 10.9. The Morgan fingerprint density at radius 3 is 2.60 bits per heavy atom. The number of hydrogen-bond donors (Lipinski definition) is 1. The van der Waals surface area contributed by atoms with E-state index in [9.17, 15) is 9.59 Å². The summed E-state index contributed by atoms with van der Waals surface area (Å²) >= 11 is 5.30. The number of thioether (sulfide) groups is 1. The van der Waals surface area contributed by atoms with Gasteiger partial charge >= 0.3 is 5.97 Å². The van der Waals surface area contributed by atoms with Gasteiger partial charge in [0.25, 0.3) is 0 Å². The SMILES string of the molecule is CCSCCOC(=O)C1=C(C)NC2=C(C(=O)C[C@@H](c3ccccc3)C2)[C@@H]1c1ccc(OC)c(Br)c1. The molecule has 0 amide bonds. The number of ether oxygens (including phenoxy) is 2. The van der Waals surface area contributed by atoms with Crippen molar-refractivity contribution in [3.8, 4) is 5.75 Å². The summed E-state index contributed by atoms with van der Waals surface area (Å²) < 4.78 is 11.8. The van der Waals surface area contributed by atoms with Gasteiger partial charge in [-0.15, -0.1) is 0 Å². The van der Waals surface area contributed by atoms with Crippen LogP contribution in [0.3, 0.4) is 0 Å². The summed E-state index contributed by atoms with van der Waals surface area (Å²) in [6.45, 7) is 4.31. The predicted molar refractivity (Wildman–Crippen MR) is 144 cm³/mol. The number of nitrogens with one attached hydrogen (secondary N) is 1. The maximum atomic E-state index is 13.7. The van der Waals surface area contributed by atoms with Crippen LogP contribution in [0.5, 0.6) is 5.75 Å². The van der Waals surface area contributed by atoms with Gasteiger partial charge < -0.3 is 14.8 Å². The summed E-state index contributed by atoms with van der Waals surface area (Å²) in [5.74, 6) is 1.69. The molecule has 0 saturated heterocycles. The number of methoxy groups -OCH3 is 1. The zero-order valence-corrected chi connectivity index (χ0v) is 22.6. The highest BCUT2D eigenvalue weighted by molar-refractivity contribution is 9.10. The number of dihydropyridines is 1. The van der Waals surface area contributed by atoms with E-state index in [0.717, 1.165) is 38.5 Å². The molecule has 2 aromatic rings. The Balaban J connectivity index is 1.74. The van der Waals surface area contributed by atoms with Crippen molar-refractivity contribution >= 4 is 39.4 Å². The molecule has 0 fully saturated rings. The normalized spacial score (nSPS) is 19.8. The van der Waals surface area contributed by atoms with Crippen LogP contribution in [0.4, 0.5) is 0 Å². The molecule has 1 aliphatic heterocycles. The van der Waals surface area contributed by atoms with Crippen molar-refractivity contribution in [2.45, 2.75) is 38.5 Å². The van der Waals surface area contributed by atoms with E-state index in [2.05, 4.69) is 40.3 Å². The molecule has 1 heterocycles. The van der Waals surface area contributed by atoms with Crippen LogP contribution < -0.4 is 10.1 Å². The van der Waals surface area contributed by atoms with Crippen molar-refractivity contribution in [3.63, 3.8) is 0 Å². The van der Waals surface area contributed by atoms with Gasteiger partial charge in [-0.3, -0.25) is 4.79 Å². The highest BCUT2D eigenvalue weighted by Crippen LogP contribution is 2.46. The molecule has 7 heteroatoms. The molecule has 1 N–H and O–H groups in total. The lowest BCUT2D eigenvalue weighted by atomic mass is 9.72. The maximum Gasteiger partial charge on any atom is 0.336 e. The van der Waals surface area contributed by atoms with Crippen molar-refractivity contribution in [2.75, 3.05) is 25.2 Å². The van der Waals surface area contributed by atoms with Gasteiger partial charge in [0.2, 0.25) is 0 Å². The van der Waals surface area contributed by atoms with Crippen LogP contribution in [-0.4, -0.2) is 37.0 Å². The lowest BCUT2D eigenvalue weighted by Gasteiger charge is -2.36. The minimum absolute atomic E-state index is 0.0592. The smallest absolute Gasteiger partial charge is 0.336 e. The van der Waals surface area contributed by atoms with Crippen LogP contribution in [0.1, 0.15) is 49.7 Å². The molecule has 1 aliphatic carbocycles. The van der Waals surface area contributed by atoms with Crippen LogP contribution >= 0.6 is 27.7 Å². The number of benzene rings is 2. The van der Waals surface area contributed by atoms with Gasteiger partial charge in [0.15, 0.2) is 5.78 Å². The Labute approximate surface area is 219 Å². The average Bonchev–Trinajstić information content (AvgIpc) is 2.86. The second-order valence-electron chi connectivity index (χ2n) is 8.65. The third-order valence-corrected chi connectivity index (χ3v) is 7.98. The molecule has 4 rings (SSSR count). The van der Waals surface area contributed by atoms with Gasteiger partial charge in [0, 0.05) is 35.1 Å². The molecule has 35 heavy (non-hydrogen) atoms. The summed E-state index contributed by atoms with van der Waals surface area (Å²) in [5.41, 5.74) is 4.78. The van der Waals surface area contributed by atoms with Crippen molar-refractivity contribution in [3.05, 3.63) is 86.7 Å². The third-order valence-electron chi connectivity index (χ3n) is 6.49. The molecule has 0 saturated carbocycles. The molecular weight excluding hydrogens is 526 g/mol. The monoisotopic (exact) mass is 555 g/mol. The van der Waals surface area contributed by atoms with E-state index in [0.29, 0.717) is 36.3 Å². The number of allylic oxidation sites excluding steroid dienone is 3. The van der Waals surface area contributed by atoms with Crippen LogP contribution in [0, 0.1) is 0 Å². The van der Waals surface area contributed by atoms with E-state index < -0.39 is 5.92 Å². The largest absolute Gasteiger partial charge is 0.496 e. The standard InChI is InChI=1S/C28H30BrNO4S/c1-4-35-13-12-34-28(32)25-17(2)30-22-15-20(18-8-6-5-7-9-18)16-23(31)27(22)26(25)19-10-11-24(33-3)21(29)14-19/h5-11,14,20,26,30H,4,12-13,15-16H2,1-3H3/t20-,26+/m0/s1. The summed E-state index contributed by atoms with van der Waals surface area (Å²) in [4.78, 5) is 27.0. The first-order valence-corrected chi connectivity index (χ1v) is 13.8. The summed E-state index contributed by atoms with van der Waals surface area (Å²) in [6.07, 6.45) is 1.12. The molecule has 2 aromatic carbocycles. The fourth-order valence-corrected chi connectivity index (χ4v) is 5.93. The number of carbonyl (C=O) groups is 2. The molecule has 5 nitrogen and oxygen atoms in total. The van der Waals surface area contributed by atoms with E-state index in [1.165, 1.54) is 0 Å². The molecule has 0 unspecified atom stereocenters. The fraction of sp³-hybridized carbons (Fsp3) is 0.357. The number of ketones is 1. The summed E-state index contributed by atoms with van der Waals surface area (Å²) in [7, 11) is 1.61. The highest BCUT2D eigenvalue weighted by Gasteiger charge is 2.41.